The number of hydrogen-bond donors (Lipinski definition) is 1. The van der Waals surface area contributed by atoms with Crippen LogP contribution in [0.5, 0.6) is 0 Å². The van der Waals surface area contributed by atoms with Gasteiger partial charge in [-0.1, -0.05) is 42.1 Å². The number of nitrogens with one attached hydrogen (secondary N) is 1. The Kier molecular flexibility index (Phi) is 4.94. The summed E-state index contributed by atoms with van der Waals surface area (Å²) in [5.74, 6) is -0.806. The number of halogens is 1. The monoisotopic (exact) mass is 383 g/mol. The Hall–Kier alpha value is -2.67. The van der Waals surface area contributed by atoms with Gasteiger partial charge in [-0.05, 0) is 36.6 Å². The molecule has 7 heteroatoms. The molecule has 2 heterocycles. The van der Waals surface area contributed by atoms with Crippen molar-refractivity contribution >= 4 is 40.1 Å². The van der Waals surface area contributed by atoms with Crippen molar-refractivity contribution in [3.63, 3.8) is 0 Å². The highest BCUT2D eigenvalue weighted by molar-refractivity contribution is 8.15. The molecule has 0 radical (unpaired) electrons. The molecule has 1 fully saturated rings. The third-order valence-corrected chi connectivity index (χ3v) is 5.70. The highest BCUT2D eigenvalue weighted by Crippen LogP contribution is 2.30. The minimum Gasteiger partial charge on any atom is -0.312 e. The van der Waals surface area contributed by atoms with Crippen LogP contribution in [-0.4, -0.2) is 28.8 Å². The van der Waals surface area contributed by atoms with Gasteiger partial charge in [-0.25, -0.2) is 9.38 Å². The van der Waals surface area contributed by atoms with Gasteiger partial charge < -0.3 is 10.2 Å². The number of carbonyl (C=O) groups excluding carboxylic acids is 2. The maximum atomic E-state index is 13.7. The molecule has 1 unspecified atom stereocenters. The molecule has 0 spiro atoms. The van der Waals surface area contributed by atoms with E-state index in [0.717, 1.165) is 24.1 Å². The van der Waals surface area contributed by atoms with E-state index in [1.54, 1.807) is 17.0 Å². The molecule has 0 bridgehead atoms. The summed E-state index contributed by atoms with van der Waals surface area (Å²) in [6, 6.07) is 14.0. The van der Waals surface area contributed by atoms with E-state index in [1.165, 1.54) is 23.9 Å². The average Bonchev–Trinajstić information content (AvgIpc) is 3.02. The molecule has 27 heavy (non-hydrogen) atoms. The zero-order valence-electron chi connectivity index (χ0n) is 14.5. The van der Waals surface area contributed by atoms with Gasteiger partial charge in [-0.2, -0.15) is 0 Å². The standard InChI is InChI=1S/C20H18FN3O2S/c21-14-8-2-3-9-15(14)22-20-23-19(26)17(27-20)12-18(25)24-11-5-7-13-6-1-4-10-16(13)24/h1-4,6,8-10,17H,5,7,11-12H2,(H,22,23,26). The van der Waals surface area contributed by atoms with Crippen LogP contribution in [0.15, 0.2) is 53.5 Å². The van der Waals surface area contributed by atoms with Gasteiger partial charge in [0.1, 0.15) is 16.8 Å². The fraction of sp³-hybridized carbons (Fsp3) is 0.250. The second-order valence-electron chi connectivity index (χ2n) is 6.45. The number of rotatable bonds is 3. The molecule has 2 aliphatic rings. The number of fused-ring (bicyclic) bond motifs is 1. The molecule has 0 aliphatic carbocycles. The zero-order chi connectivity index (χ0) is 18.8. The number of aryl methyl sites for hydroxylation is 1. The Morgan fingerprint density at radius 1 is 1.22 bits per heavy atom. The Morgan fingerprint density at radius 2 is 2.00 bits per heavy atom. The number of anilines is 1. The Bertz CT molecular complexity index is 931. The van der Waals surface area contributed by atoms with Gasteiger partial charge in [0.2, 0.25) is 11.8 Å². The number of para-hydroxylation sites is 2. The molecule has 0 aromatic heterocycles. The van der Waals surface area contributed by atoms with Crippen LogP contribution < -0.4 is 10.2 Å². The largest absolute Gasteiger partial charge is 0.312 e. The number of nitrogens with zero attached hydrogens (tertiary/aromatic N) is 2. The van der Waals surface area contributed by atoms with Crippen molar-refractivity contribution in [1.82, 2.24) is 5.32 Å². The summed E-state index contributed by atoms with van der Waals surface area (Å²) in [5, 5.41) is 2.41. The molecular weight excluding hydrogens is 365 g/mol. The number of carbonyl (C=O) groups is 2. The molecule has 0 saturated carbocycles. The fourth-order valence-electron chi connectivity index (χ4n) is 3.31. The highest BCUT2D eigenvalue weighted by Gasteiger charge is 2.34. The minimum absolute atomic E-state index is 0.0815. The van der Waals surface area contributed by atoms with Crippen molar-refractivity contribution in [1.29, 1.82) is 0 Å². The van der Waals surface area contributed by atoms with Crippen LogP contribution >= 0.6 is 11.8 Å². The highest BCUT2D eigenvalue weighted by atomic mass is 32.2. The SMILES string of the molecule is O=C1NC(=Nc2ccccc2F)SC1CC(=O)N1CCCc2ccccc21. The van der Waals surface area contributed by atoms with E-state index >= 15 is 0 Å². The van der Waals surface area contributed by atoms with Crippen LogP contribution in [0.2, 0.25) is 0 Å². The van der Waals surface area contributed by atoms with Crippen molar-refractivity contribution in [2.24, 2.45) is 4.99 Å². The van der Waals surface area contributed by atoms with Crippen molar-refractivity contribution in [2.75, 3.05) is 11.4 Å². The second-order valence-corrected chi connectivity index (χ2v) is 7.64. The molecule has 1 saturated heterocycles. The van der Waals surface area contributed by atoms with Crippen LogP contribution in [0.1, 0.15) is 18.4 Å². The van der Waals surface area contributed by atoms with Crippen LogP contribution in [0.25, 0.3) is 0 Å². The fourth-order valence-corrected chi connectivity index (χ4v) is 4.28. The van der Waals surface area contributed by atoms with Crippen LogP contribution in [0.3, 0.4) is 0 Å². The van der Waals surface area contributed by atoms with Gasteiger partial charge in [0, 0.05) is 18.7 Å². The van der Waals surface area contributed by atoms with E-state index in [4.69, 9.17) is 0 Å². The Balaban J connectivity index is 1.47. The molecule has 1 N–H and O–H groups in total. The topological polar surface area (TPSA) is 61.8 Å². The maximum absolute atomic E-state index is 13.7. The van der Waals surface area contributed by atoms with E-state index in [2.05, 4.69) is 10.3 Å². The normalized spacial score (nSPS) is 20.5. The lowest BCUT2D eigenvalue weighted by Crippen LogP contribution is -2.38. The van der Waals surface area contributed by atoms with Crippen LogP contribution in [0.4, 0.5) is 15.8 Å². The third-order valence-electron chi connectivity index (χ3n) is 4.62. The number of benzene rings is 2. The molecular formula is C20H18FN3O2S. The number of hydrogen-bond acceptors (Lipinski definition) is 4. The minimum atomic E-state index is -0.558. The molecule has 4 rings (SSSR count). The Morgan fingerprint density at radius 3 is 2.85 bits per heavy atom. The first-order chi connectivity index (χ1) is 13.1. The van der Waals surface area contributed by atoms with Gasteiger partial charge in [0.15, 0.2) is 5.17 Å². The van der Waals surface area contributed by atoms with Gasteiger partial charge in [0.25, 0.3) is 0 Å². The van der Waals surface area contributed by atoms with E-state index in [0.29, 0.717) is 11.7 Å². The summed E-state index contributed by atoms with van der Waals surface area (Å²) in [5.41, 5.74) is 2.25. The summed E-state index contributed by atoms with van der Waals surface area (Å²) in [6.45, 7) is 0.658. The average molecular weight is 383 g/mol. The molecule has 2 aromatic carbocycles. The van der Waals surface area contributed by atoms with Crippen LogP contribution in [0, 0.1) is 5.82 Å². The number of amidine groups is 1. The third kappa shape index (κ3) is 3.73. The van der Waals surface area contributed by atoms with Crippen molar-refractivity contribution in [2.45, 2.75) is 24.5 Å². The lowest BCUT2D eigenvalue weighted by molar-refractivity contribution is -0.123. The van der Waals surface area contributed by atoms with E-state index in [9.17, 15) is 14.0 Å². The van der Waals surface area contributed by atoms with Crippen molar-refractivity contribution < 1.29 is 14.0 Å². The molecule has 5 nitrogen and oxygen atoms in total. The van der Waals surface area contributed by atoms with Crippen LogP contribution in [-0.2, 0) is 16.0 Å². The molecule has 1 atom stereocenters. The van der Waals surface area contributed by atoms with E-state index < -0.39 is 11.1 Å². The first kappa shape index (κ1) is 17.7. The predicted molar refractivity (Wildman–Crippen MR) is 105 cm³/mol. The summed E-state index contributed by atoms with van der Waals surface area (Å²) in [4.78, 5) is 31.0. The van der Waals surface area contributed by atoms with Crippen molar-refractivity contribution in [3.8, 4) is 0 Å². The zero-order valence-corrected chi connectivity index (χ0v) is 15.3. The smallest absolute Gasteiger partial charge is 0.240 e. The van der Waals surface area contributed by atoms with Gasteiger partial charge in [0.05, 0.1) is 0 Å². The van der Waals surface area contributed by atoms with E-state index in [-0.39, 0.29) is 23.9 Å². The second kappa shape index (κ2) is 7.52. The summed E-state index contributed by atoms with van der Waals surface area (Å²) >= 11 is 1.17. The summed E-state index contributed by atoms with van der Waals surface area (Å²) < 4.78 is 13.7. The molecule has 2 aromatic rings. The lowest BCUT2D eigenvalue weighted by atomic mass is 10.0. The Labute approximate surface area is 160 Å². The molecule has 138 valence electrons. The maximum Gasteiger partial charge on any atom is 0.240 e. The lowest BCUT2D eigenvalue weighted by Gasteiger charge is -2.29. The number of thioether (sulfide) groups is 1. The van der Waals surface area contributed by atoms with Crippen molar-refractivity contribution in [3.05, 3.63) is 59.9 Å². The van der Waals surface area contributed by atoms with Gasteiger partial charge >= 0.3 is 0 Å². The quantitative estimate of drug-likeness (QED) is 0.884. The number of amides is 2. The first-order valence-corrected chi connectivity index (χ1v) is 9.69. The number of aliphatic imine (C=N–C) groups is 1. The summed E-state index contributed by atoms with van der Waals surface area (Å²) in [6.07, 6.45) is 1.95. The first-order valence-electron chi connectivity index (χ1n) is 8.81. The van der Waals surface area contributed by atoms with E-state index in [1.807, 2.05) is 24.3 Å². The predicted octanol–water partition coefficient (Wildman–Crippen LogP) is 3.41. The molecule has 2 amide bonds. The van der Waals surface area contributed by atoms with Gasteiger partial charge in [-0.15, -0.1) is 0 Å². The van der Waals surface area contributed by atoms with Gasteiger partial charge in [-0.3, -0.25) is 9.59 Å². The summed E-state index contributed by atoms with van der Waals surface area (Å²) in [7, 11) is 0. The molecule has 2 aliphatic heterocycles.